The molecule has 3 nitrogen and oxygen atoms in total. The van der Waals surface area contributed by atoms with Crippen LogP contribution in [0, 0.1) is 6.92 Å². The van der Waals surface area contributed by atoms with Crippen molar-refractivity contribution in [1.82, 2.24) is 4.98 Å². The number of nitrogens with one attached hydrogen (secondary N) is 1. The van der Waals surface area contributed by atoms with Crippen LogP contribution in [-0.2, 0) is 4.74 Å². The number of anilines is 1. The molecule has 0 aromatic carbocycles. The van der Waals surface area contributed by atoms with Gasteiger partial charge in [-0.2, -0.15) is 0 Å². The first-order chi connectivity index (χ1) is 7.51. The van der Waals surface area contributed by atoms with Gasteiger partial charge in [-0.1, -0.05) is 0 Å². The number of halogens is 1. The summed E-state index contributed by atoms with van der Waals surface area (Å²) in [5, 5.41) is 3.48. The highest BCUT2D eigenvalue weighted by Gasteiger charge is 2.37. The van der Waals surface area contributed by atoms with Crippen molar-refractivity contribution in [1.29, 1.82) is 0 Å². The predicted molar refractivity (Wildman–Crippen MR) is 68.7 cm³/mol. The van der Waals surface area contributed by atoms with Crippen LogP contribution in [0.5, 0.6) is 0 Å². The van der Waals surface area contributed by atoms with Crippen LogP contribution >= 0.6 is 15.9 Å². The van der Waals surface area contributed by atoms with E-state index < -0.39 is 0 Å². The van der Waals surface area contributed by atoms with Crippen LogP contribution in [0.4, 0.5) is 5.82 Å². The average molecular weight is 285 g/mol. The van der Waals surface area contributed by atoms with Crippen molar-refractivity contribution in [3.63, 3.8) is 0 Å². The first-order valence-electron chi connectivity index (χ1n) is 5.53. The van der Waals surface area contributed by atoms with Gasteiger partial charge in [-0.05, 0) is 54.8 Å². The second kappa shape index (κ2) is 4.34. The van der Waals surface area contributed by atoms with E-state index in [1.54, 1.807) is 0 Å². The predicted octanol–water partition coefficient (Wildman–Crippen LogP) is 3.13. The molecule has 0 aliphatic carbocycles. The van der Waals surface area contributed by atoms with Gasteiger partial charge in [-0.3, -0.25) is 0 Å². The van der Waals surface area contributed by atoms with E-state index in [1.807, 2.05) is 6.20 Å². The lowest BCUT2D eigenvalue weighted by Crippen LogP contribution is -2.41. The van der Waals surface area contributed by atoms with E-state index in [-0.39, 0.29) is 11.6 Å². The molecule has 2 rings (SSSR count). The molecule has 0 spiro atoms. The molecule has 0 saturated carbocycles. The van der Waals surface area contributed by atoms with Gasteiger partial charge in [0.05, 0.1) is 11.6 Å². The second-order valence-corrected chi connectivity index (χ2v) is 5.48. The molecule has 2 unspecified atom stereocenters. The average Bonchev–Trinajstić information content (AvgIpc) is 2.53. The maximum Gasteiger partial charge on any atom is 0.126 e. The highest BCUT2D eigenvalue weighted by Crippen LogP contribution is 2.29. The number of hydrogen-bond acceptors (Lipinski definition) is 3. The van der Waals surface area contributed by atoms with Crippen LogP contribution in [0.15, 0.2) is 16.7 Å². The molecular weight excluding hydrogens is 268 g/mol. The zero-order valence-electron chi connectivity index (χ0n) is 9.88. The summed E-state index contributed by atoms with van der Waals surface area (Å²) >= 11 is 3.45. The number of nitrogens with zero attached hydrogens (tertiary/aromatic N) is 1. The fourth-order valence-corrected chi connectivity index (χ4v) is 2.12. The van der Waals surface area contributed by atoms with Crippen LogP contribution in [0.3, 0.4) is 0 Å². The summed E-state index contributed by atoms with van der Waals surface area (Å²) in [5.41, 5.74) is 1.18. The molecule has 1 aliphatic rings. The van der Waals surface area contributed by atoms with E-state index >= 15 is 0 Å². The van der Waals surface area contributed by atoms with E-state index in [0.717, 1.165) is 23.3 Å². The van der Waals surface area contributed by atoms with Gasteiger partial charge in [-0.25, -0.2) is 4.98 Å². The lowest BCUT2D eigenvalue weighted by atomic mass is 9.95. The Morgan fingerprint density at radius 3 is 2.94 bits per heavy atom. The summed E-state index contributed by atoms with van der Waals surface area (Å²) in [6.07, 6.45) is 3.07. The van der Waals surface area contributed by atoms with Crippen molar-refractivity contribution in [3.05, 3.63) is 22.3 Å². The summed E-state index contributed by atoms with van der Waals surface area (Å²) in [6.45, 7) is 7.17. The lowest BCUT2D eigenvalue weighted by Gasteiger charge is -2.29. The zero-order valence-corrected chi connectivity index (χ0v) is 11.5. The molecule has 88 valence electrons. The maximum atomic E-state index is 5.60. The van der Waals surface area contributed by atoms with Crippen molar-refractivity contribution in [3.8, 4) is 0 Å². The van der Waals surface area contributed by atoms with Gasteiger partial charge in [-0.15, -0.1) is 0 Å². The number of aryl methyl sites for hydroxylation is 1. The fraction of sp³-hybridized carbons (Fsp3) is 0.583. The number of pyridine rings is 1. The quantitative estimate of drug-likeness (QED) is 0.906. The van der Waals surface area contributed by atoms with Gasteiger partial charge in [0.1, 0.15) is 5.82 Å². The third-order valence-corrected chi connectivity index (χ3v) is 4.18. The second-order valence-electron chi connectivity index (χ2n) is 4.62. The Bertz CT molecular complexity index is 397. The Morgan fingerprint density at radius 2 is 2.38 bits per heavy atom. The van der Waals surface area contributed by atoms with Gasteiger partial charge < -0.3 is 10.1 Å². The molecule has 0 bridgehead atoms. The Labute approximate surface area is 105 Å². The summed E-state index contributed by atoms with van der Waals surface area (Å²) in [4.78, 5) is 4.37. The number of hydrogen-bond donors (Lipinski definition) is 1. The van der Waals surface area contributed by atoms with E-state index in [9.17, 15) is 0 Å². The minimum atomic E-state index is -0.00668. The van der Waals surface area contributed by atoms with Crippen molar-refractivity contribution in [2.24, 2.45) is 0 Å². The van der Waals surface area contributed by atoms with E-state index in [1.165, 1.54) is 5.56 Å². The summed E-state index contributed by atoms with van der Waals surface area (Å²) in [6, 6.07) is 2.06. The van der Waals surface area contributed by atoms with Crippen LogP contribution < -0.4 is 5.32 Å². The van der Waals surface area contributed by atoms with Crippen LogP contribution in [0.2, 0.25) is 0 Å². The molecule has 2 heterocycles. The molecule has 1 aromatic rings. The van der Waals surface area contributed by atoms with Crippen molar-refractivity contribution in [2.75, 3.05) is 11.9 Å². The summed E-state index contributed by atoms with van der Waals surface area (Å²) < 4.78 is 6.64. The molecule has 1 aromatic heterocycles. The fourth-order valence-electron chi connectivity index (χ4n) is 1.90. The normalized spacial score (nSPS) is 29.4. The van der Waals surface area contributed by atoms with Crippen molar-refractivity contribution >= 4 is 21.7 Å². The molecule has 1 aliphatic heterocycles. The molecule has 0 amide bonds. The van der Waals surface area contributed by atoms with Crippen LogP contribution in [-0.4, -0.2) is 23.2 Å². The topological polar surface area (TPSA) is 34.1 Å². The third kappa shape index (κ3) is 2.23. The largest absolute Gasteiger partial charge is 0.376 e. The van der Waals surface area contributed by atoms with E-state index in [4.69, 9.17) is 4.74 Å². The van der Waals surface area contributed by atoms with Gasteiger partial charge in [0.2, 0.25) is 0 Å². The van der Waals surface area contributed by atoms with E-state index in [0.29, 0.717) is 0 Å². The zero-order chi connectivity index (χ0) is 11.8. The number of aromatic nitrogens is 1. The molecule has 0 radical (unpaired) electrons. The van der Waals surface area contributed by atoms with Gasteiger partial charge in [0.15, 0.2) is 0 Å². The van der Waals surface area contributed by atoms with Crippen LogP contribution in [0.1, 0.15) is 25.8 Å². The molecule has 2 atom stereocenters. The molecule has 1 N–H and O–H groups in total. The number of rotatable bonds is 2. The van der Waals surface area contributed by atoms with Crippen LogP contribution in [0.25, 0.3) is 0 Å². The van der Waals surface area contributed by atoms with Gasteiger partial charge in [0.25, 0.3) is 0 Å². The Morgan fingerprint density at radius 1 is 1.62 bits per heavy atom. The Kier molecular flexibility index (Phi) is 3.22. The summed E-state index contributed by atoms with van der Waals surface area (Å²) in [5.74, 6) is 0.917. The Hall–Kier alpha value is -0.610. The minimum absolute atomic E-state index is 0.00668. The van der Waals surface area contributed by atoms with Crippen molar-refractivity contribution < 1.29 is 4.74 Å². The highest BCUT2D eigenvalue weighted by molar-refractivity contribution is 9.10. The highest BCUT2D eigenvalue weighted by atomic mass is 79.9. The van der Waals surface area contributed by atoms with Crippen molar-refractivity contribution in [2.45, 2.75) is 38.8 Å². The third-order valence-electron chi connectivity index (χ3n) is 3.35. The molecule has 1 fully saturated rings. The summed E-state index contributed by atoms with van der Waals surface area (Å²) in [7, 11) is 0. The SMILES string of the molecule is Cc1cc(NC2(C)CCOC2C)ncc1Br. The maximum absolute atomic E-state index is 5.60. The molecule has 1 saturated heterocycles. The molecular formula is C12H17BrN2O. The monoisotopic (exact) mass is 284 g/mol. The first kappa shape index (κ1) is 11.9. The smallest absolute Gasteiger partial charge is 0.126 e. The Balaban J connectivity index is 2.17. The lowest BCUT2D eigenvalue weighted by molar-refractivity contribution is 0.105. The molecule has 16 heavy (non-hydrogen) atoms. The number of ether oxygens (including phenoxy) is 1. The van der Waals surface area contributed by atoms with Gasteiger partial charge >= 0.3 is 0 Å². The van der Waals surface area contributed by atoms with E-state index in [2.05, 4.69) is 53.1 Å². The van der Waals surface area contributed by atoms with Gasteiger partial charge in [0, 0.05) is 17.3 Å². The molecule has 4 heteroatoms. The minimum Gasteiger partial charge on any atom is -0.376 e. The first-order valence-corrected chi connectivity index (χ1v) is 6.32. The standard InChI is InChI=1S/C12H17BrN2O/c1-8-6-11(14-7-10(8)13)15-12(3)4-5-16-9(12)2/h6-7,9H,4-5H2,1-3H3,(H,14,15).